The summed E-state index contributed by atoms with van der Waals surface area (Å²) in [4.78, 5) is 33.3. The molecule has 2 aromatic carbocycles. The number of sulfone groups is 1. The molecule has 1 aromatic heterocycles. The molecule has 0 bridgehead atoms. The summed E-state index contributed by atoms with van der Waals surface area (Å²) in [5.41, 5.74) is 0.604. The van der Waals surface area contributed by atoms with Gasteiger partial charge in [-0.15, -0.1) is 0 Å². The van der Waals surface area contributed by atoms with Crippen molar-refractivity contribution in [2.45, 2.75) is 69.9 Å². The number of amides is 2. The molecule has 3 aromatic rings. The summed E-state index contributed by atoms with van der Waals surface area (Å²) in [5.74, 6) is 1.42. The van der Waals surface area contributed by atoms with Gasteiger partial charge in [0.1, 0.15) is 22.8 Å². The monoisotopic (exact) mass is 627 g/mol. The van der Waals surface area contributed by atoms with E-state index in [0.717, 1.165) is 29.7 Å². The van der Waals surface area contributed by atoms with Crippen LogP contribution in [0.4, 0.5) is 9.93 Å². The molecule has 0 unspecified atom stereocenters. The number of aromatic nitrogens is 1. The number of rotatable bonds is 8. The van der Waals surface area contributed by atoms with Crippen molar-refractivity contribution in [2.75, 3.05) is 24.7 Å². The minimum atomic E-state index is -3.34. The smallest absolute Gasteiger partial charge is 0.410 e. The number of carbonyl (C=O) groups excluding carboxylic acids is 2. The Hall–Kier alpha value is -3.64. The van der Waals surface area contributed by atoms with Crippen LogP contribution in [-0.2, 0) is 27.5 Å². The summed E-state index contributed by atoms with van der Waals surface area (Å²) in [6.45, 7) is 6.92. The number of ether oxygens (including phenoxy) is 3. The summed E-state index contributed by atoms with van der Waals surface area (Å²) >= 11 is 1.33. The van der Waals surface area contributed by atoms with E-state index in [9.17, 15) is 18.0 Å². The van der Waals surface area contributed by atoms with Crippen LogP contribution in [0.25, 0.3) is 0 Å². The largest absolute Gasteiger partial charge is 0.493 e. The van der Waals surface area contributed by atoms with Crippen molar-refractivity contribution in [3.8, 4) is 17.2 Å². The topological polar surface area (TPSA) is 124 Å². The third kappa shape index (κ3) is 8.26. The van der Waals surface area contributed by atoms with Crippen LogP contribution in [-0.4, -0.2) is 55.3 Å². The highest BCUT2D eigenvalue weighted by atomic mass is 32.2. The summed E-state index contributed by atoms with van der Waals surface area (Å²) in [6, 6.07) is 11.1. The van der Waals surface area contributed by atoms with Crippen LogP contribution in [0.2, 0.25) is 0 Å². The van der Waals surface area contributed by atoms with Crippen molar-refractivity contribution in [1.29, 1.82) is 0 Å². The van der Waals surface area contributed by atoms with Gasteiger partial charge in [-0.05, 0) is 75.9 Å². The fourth-order valence-corrected chi connectivity index (χ4v) is 6.68. The second-order valence-corrected chi connectivity index (χ2v) is 15.1. The molecule has 1 aliphatic heterocycles. The quantitative estimate of drug-likeness (QED) is 0.302. The molecule has 1 aliphatic carbocycles. The van der Waals surface area contributed by atoms with E-state index < -0.39 is 15.4 Å². The van der Waals surface area contributed by atoms with E-state index in [1.807, 2.05) is 20.8 Å². The van der Waals surface area contributed by atoms with Gasteiger partial charge in [0.05, 0.1) is 23.7 Å². The lowest BCUT2D eigenvalue weighted by Gasteiger charge is -2.29. The number of hydrogen-bond donors (Lipinski definition) is 1. The van der Waals surface area contributed by atoms with Crippen molar-refractivity contribution < 1.29 is 32.2 Å². The van der Waals surface area contributed by atoms with E-state index in [0.29, 0.717) is 60.0 Å². The van der Waals surface area contributed by atoms with Crippen LogP contribution in [0.3, 0.4) is 0 Å². The molecule has 1 saturated carbocycles. The van der Waals surface area contributed by atoms with Gasteiger partial charge in [0.15, 0.2) is 15.0 Å². The third-order valence-electron chi connectivity index (χ3n) is 7.19. The van der Waals surface area contributed by atoms with Gasteiger partial charge in [-0.2, -0.15) is 0 Å². The second-order valence-electron chi connectivity index (χ2n) is 12.0. The van der Waals surface area contributed by atoms with Crippen molar-refractivity contribution in [3.63, 3.8) is 0 Å². The van der Waals surface area contributed by atoms with E-state index in [1.54, 1.807) is 35.2 Å². The zero-order valence-corrected chi connectivity index (χ0v) is 26.5. The molecule has 12 heteroatoms. The van der Waals surface area contributed by atoms with E-state index >= 15 is 0 Å². The second kappa shape index (κ2) is 12.5. The van der Waals surface area contributed by atoms with E-state index in [-0.39, 0.29) is 16.9 Å². The predicted molar refractivity (Wildman–Crippen MR) is 164 cm³/mol. The number of nitrogens with zero attached hydrogens (tertiary/aromatic N) is 2. The number of anilines is 1. The first-order chi connectivity index (χ1) is 20.3. The molecule has 2 aliphatic rings. The molecule has 0 atom stereocenters. The van der Waals surface area contributed by atoms with Gasteiger partial charge in [0, 0.05) is 35.7 Å². The predicted octanol–water partition coefficient (Wildman–Crippen LogP) is 6.45. The van der Waals surface area contributed by atoms with Crippen molar-refractivity contribution in [2.24, 2.45) is 5.92 Å². The first kappa shape index (κ1) is 30.8. The lowest BCUT2D eigenvalue weighted by molar-refractivity contribution is 0.0225. The molecule has 2 heterocycles. The molecule has 2 amide bonds. The van der Waals surface area contributed by atoms with Gasteiger partial charge in [-0.1, -0.05) is 24.2 Å². The summed E-state index contributed by atoms with van der Waals surface area (Å²) < 4.78 is 41.3. The van der Waals surface area contributed by atoms with Crippen LogP contribution in [0.5, 0.6) is 17.2 Å². The van der Waals surface area contributed by atoms with Crippen LogP contribution < -0.4 is 14.8 Å². The Morgan fingerprint density at radius 2 is 1.74 bits per heavy atom. The first-order valence-electron chi connectivity index (χ1n) is 14.4. The Kier molecular flexibility index (Phi) is 8.98. The number of hydrogen-bond acceptors (Lipinski definition) is 9. The van der Waals surface area contributed by atoms with Crippen LogP contribution >= 0.6 is 11.3 Å². The highest BCUT2D eigenvalue weighted by Gasteiger charge is 2.28. The third-order valence-corrected chi connectivity index (χ3v) is 9.32. The molecule has 5 rings (SSSR count). The van der Waals surface area contributed by atoms with Crippen LogP contribution in [0.1, 0.15) is 67.4 Å². The van der Waals surface area contributed by atoms with Gasteiger partial charge in [-0.3, -0.25) is 10.1 Å². The normalized spacial score (nSPS) is 15.6. The Balaban J connectivity index is 1.32. The Bertz CT molecular complexity index is 1590. The molecule has 230 valence electrons. The number of carbonyl (C=O) groups is 2. The average Bonchev–Trinajstić information content (AvgIpc) is 3.60. The summed E-state index contributed by atoms with van der Waals surface area (Å²) in [5, 5.41) is 3.34. The molecule has 1 fully saturated rings. The summed E-state index contributed by atoms with van der Waals surface area (Å²) in [6.07, 6.45) is 5.98. The van der Waals surface area contributed by atoms with Crippen molar-refractivity contribution in [1.82, 2.24) is 9.88 Å². The number of nitrogens with one attached hydrogen (secondary N) is 1. The number of benzene rings is 2. The zero-order chi connectivity index (χ0) is 30.8. The van der Waals surface area contributed by atoms with E-state index in [1.165, 1.54) is 36.3 Å². The fourth-order valence-electron chi connectivity index (χ4n) is 5.03. The van der Waals surface area contributed by atoms with Crippen LogP contribution in [0, 0.1) is 5.92 Å². The Labute approximate surface area is 256 Å². The maximum Gasteiger partial charge on any atom is 0.410 e. The minimum Gasteiger partial charge on any atom is -0.493 e. The molecule has 0 spiro atoms. The summed E-state index contributed by atoms with van der Waals surface area (Å²) in [7, 11) is -3.34. The van der Waals surface area contributed by atoms with Gasteiger partial charge in [0.25, 0.3) is 5.91 Å². The molecule has 1 N–H and O–H groups in total. The molecule has 0 saturated heterocycles. The van der Waals surface area contributed by atoms with Crippen molar-refractivity contribution >= 4 is 38.3 Å². The number of fused-ring (bicyclic) bond motifs is 1. The molecule has 0 radical (unpaired) electrons. The SMILES string of the molecule is CC(C)(C)OC(=O)N1CCc2nc(NC(=O)c3cc(OCC4CCCC4)cc(Oc4ccc(S(C)(=O)=O)cc4)c3)sc2C1. The number of thiazole rings is 1. The standard InChI is InChI=1S/C31H37N3O7S2/c1-31(2,3)41-30(36)34-14-13-26-27(18-34)42-29(32-26)33-28(35)21-15-23(39-19-20-7-5-6-8-20)17-24(16-21)40-22-9-11-25(12-10-22)43(4,37)38/h9-12,15-17,20H,5-8,13-14,18-19H2,1-4H3,(H,32,33,35). The van der Waals surface area contributed by atoms with Crippen molar-refractivity contribution in [3.05, 3.63) is 58.6 Å². The van der Waals surface area contributed by atoms with Gasteiger partial charge >= 0.3 is 6.09 Å². The maximum atomic E-state index is 13.4. The van der Waals surface area contributed by atoms with E-state index in [4.69, 9.17) is 14.2 Å². The lowest BCUT2D eigenvalue weighted by Crippen LogP contribution is -2.39. The van der Waals surface area contributed by atoms with Gasteiger partial charge in [-0.25, -0.2) is 18.2 Å². The van der Waals surface area contributed by atoms with E-state index in [2.05, 4.69) is 10.3 Å². The molecular weight excluding hydrogens is 590 g/mol. The van der Waals surface area contributed by atoms with Crippen LogP contribution in [0.15, 0.2) is 47.4 Å². The average molecular weight is 628 g/mol. The van der Waals surface area contributed by atoms with Gasteiger partial charge < -0.3 is 19.1 Å². The first-order valence-corrected chi connectivity index (χ1v) is 17.1. The lowest BCUT2D eigenvalue weighted by atomic mass is 10.1. The Morgan fingerprint density at radius 1 is 1.05 bits per heavy atom. The molecule has 10 nitrogen and oxygen atoms in total. The van der Waals surface area contributed by atoms with Gasteiger partial charge in [0.2, 0.25) is 0 Å². The highest BCUT2D eigenvalue weighted by molar-refractivity contribution is 7.90. The fraction of sp³-hybridized carbons (Fsp3) is 0.452. The highest BCUT2D eigenvalue weighted by Crippen LogP contribution is 2.33. The molecular formula is C31H37N3O7S2. The molecule has 43 heavy (non-hydrogen) atoms. The zero-order valence-electron chi connectivity index (χ0n) is 24.8. The minimum absolute atomic E-state index is 0.189. The maximum absolute atomic E-state index is 13.4. The Morgan fingerprint density at radius 3 is 2.42 bits per heavy atom.